The maximum Gasteiger partial charge on any atom is 0.358 e. The molecule has 2 rings (SSSR count). The molecule has 1 heterocycles. The number of nitrogens with zero attached hydrogens (tertiary/aromatic N) is 3. The number of hydrogen-bond acceptors (Lipinski definition) is 4. The molecule has 0 fully saturated rings. The van der Waals surface area contributed by atoms with Crippen LogP contribution in [0.4, 0.5) is 0 Å². The number of aryl methyl sites for hydroxylation is 1. The summed E-state index contributed by atoms with van der Waals surface area (Å²) in [6.07, 6.45) is 0.733. The fourth-order valence-electron chi connectivity index (χ4n) is 1.97. The van der Waals surface area contributed by atoms with E-state index in [2.05, 4.69) is 10.3 Å². The van der Waals surface area contributed by atoms with Gasteiger partial charge < -0.3 is 9.84 Å². The number of carboxylic acid groups (broad SMARTS) is 1. The Bertz CT molecular complexity index is 610. The second-order valence-electron chi connectivity index (χ2n) is 4.37. The molecular weight excluding hydrogens is 294 g/mol. The Hall–Kier alpha value is -1.92. The van der Waals surface area contributed by atoms with Crippen molar-refractivity contribution in [2.45, 2.75) is 19.9 Å². The zero-order valence-corrected chi connectivity index (χ0v) is 12.4. The van der Waals surface area contributed by atoms with Crippen LogP contribution in [0, 0.1) is 0 Å². The zero-order chi connectivity index (χ0) is 15.2. The van der Waals surface area contributed by atoms with Gasteiger partial charge in [0.05, 0.1) is 0 Å². The van der Waals surface area contributed by atoms with Crippen molar-refractivity contribution in [2.75, 3.05) is 13.2 Å². The molecule has 0 bridgehead atoms. The number of carbonyl (C=O) groups is 1. The Morgan fingerprint density at radius 3 is 2.71 bits per heavy atom. The summed E-state index contributed by atoms with van der Waals surface area (Å²) in [5, 5.41) is 17.5. The van der Waals surface area contributed by atoms with E-state index in [4.69, 9.17) is 16.3 Å². The molecule has 7 heteroatoms. The molecule has 0 aliphatic rings. The van der Waals surface area contributed by atoms with Crippen LogP contribution in [0.15, 0.2) is 24.3 Å². The fourth-order valence-corrected chi connectivity index (χ4v) is 2.09. The van der Waals surface area contributed by atoms with E-state index >= 15 is 0 Å². The SMILES string of the molecule is CCOCCCn1nnc(C(=O)O)c1-c1ccc(Cl)cc1. The second kappa shape index (κ2) is 7.19. The number of ether oxygens (including phenoxy) is 1. The average Bonchev–Trinajstić information content (AvgIpc) is 2.88. The van der Waals surface area contributed by atoms with Gasteiger partial charge in [-0.3, -0.25) is 0 Å². The minimum Gasteiger partial charge on any atom is -0.476 e. The molecule has 0 unspecified atom stereocenters. The molecule has 6 nitrogen and oxygen atoms in total. The van der Waals surface area contributed by atoms with Crippen LogP contribution in [0.3, 0.4) is 0 Å². The highest BCUT2D eigenvalue weighted by Gasteiger charge is 2.20. The summed E-state index contributed by atoms with van der Waals surface area (Å²) in [6, 6.07) is 6.93. The summed E-state index contributed by atoms with van der Waals surface area (Å²) < 4.78 is 6.86. The van der Waals surface area contributed by atoms with E-state index in [-0.39, 0.29) is 5.69 Å². The minimum absolute atomic E-state index is 0.0614. The van der Waals surface area contributed by atoms with Crippen LogP contribution in [0.5, 0.6) is 0 Å². The molecule has 0 atom stereocenters. The Balaban J connectivity index is 2.29. The van der Waals surface area contributed by atoms with Crippen molar-refractivity contribution in [1.82, 2.24) is 15.0 Å². The lowest BCUT2D eigenvalue weighted by atomic mass is 10.1. The third-order valence-corrected chi connectivity index (χ3v) is 3.17. The van der Waals surface area contributed by atoms with Crippen molar-refractivity contribution < 1.29 is 14.6 Å². The van der Waals surface area contributed by atoms with E-state index in [0.29, 0.717) is 30.5 Å². The van der Waals surface area contributed by atoms with E-state index in [1.54, 1.807) is 28.9 Å². The first-order valence-corrected chi connectivity index (χ1v) is 7.01. The van der Waals surface area contributed by atoms with Crippen LogP contribution in [0.25, 0.3) is 11.3 Å². The Morgan fingerprint density at radius 2 is 2.10 bits per heavy atom. The number of benzene rings is 1. The van der Waals surface area contributed by atoms with E-state index in [1.807, 2.05) is 6.92 Å². The molecule has 0 amide bonds. The molecule has 1 aromatic carbocycles. The van der Waals surface area contributed by atoms with Gasteiger partial charge in [0.1, 0.15) is 5.69 Å². The Morgan fingerprint density at radius 1 is 1.38 bits per heavy atom. The third-order valence-electron chi connectivity index (χ3n) is 2.92. The third kappa shape index (κ3) is 3.80. The average molecular weight is 310 g/mol. The number of aromatic nitrogens is 3. The largest absolute Gasteiger partial charge is 0.476 e. The summed E-state index contributed by atoms with van der Waals surface area (Å²) in [6.45, 7) is 3.72. The molecule has 2 aromatic rings. The highest BCUT2D eigenvalue weighted by atomic mass is 35.5. The van der Waals surface area contributed by atoms with Gasteiger partial charge in [-0.15, -0.1) is 5.10 Å². The summed E-state index contributed by atoms with van der Waals surface area (Å²) in [4.78, 5) is 11.3. The predicted molar refractivity (Wildman–Crippen MR) is 78.5 cm³/mol. The topological polar surface area (TPSA) is 77.2 Å². The van der Waals surface area contributed by atoms with E-state index in [0.717, 1.165) is 12.0 Å². The first-order valence-electron chi connectivity index (χ1n) is 6.64. The number of rotatable bonds is 7. The summed E-state index contributed by atoms with van der Waals surface area (Å²) in [5.74, 6) is -1.10. The Labute approximate surface area is 127 Å². The molecule has 0 aliphatic carbocycles. The molecule has 0 saturated heterocycles. The van der Waals surface area contributed by atoms with Crippen LogP contribution in [0.1, 0.15) is 23.8 Å². The van der Waals surface area contributed by atoms with Crippen molar-refractivity contribution in [3.8, 4) is 11.3 Å². The molecule has 1 N–H and O–H groups in total. The van der Waals surface area contributed by atoms with Crippen molar-refractivity contribution in [1.29, 1.82) is 0 Å². The summed E-state index contributed by atoms with van der Waals surface area (Å²) in [5.41, 5.74) is 1.14. The minimum atomic E-state index is -1.10. The van der Waals surface area contributed by atoms with Crippen LogP contribution in [0.2, 0.25) is 5.02 Å². The van der Waals surface area contributed by atoms with E-state index in [9.17, 15) is 9.90 Å². The molecule has 21 heavy (non-hydrogen) atoms. The lowest BCUT2D eigenvalue weighted by Gasteiger charge is -2.07. The van der Waals surface area contributed by atoms with Gasteiger partial charge in [0.25, 0.3) is 0 Å². The molecule has 0 aliphatic heterocycles. The van der Waals surface area contributed by atoms with Crippen molar-refractivity contribution >= 4 is 17.6 Å². The summed E-state index contributed by atoms with van der Waals surface area (Å²) >= 11 is 5.86. The molecular formula is C14H16ClN3O3. The van der Waals surface area contributed by atoms with Crippen LogP contribution >= 0.6 is 11.6 Å². The molecule has 0 radical (unpaired) electrons. The summed E-state index contributed by atoms with van der Waals surface area (Å²) in [7, 11) is 0. The number of aromatic carboxylic acids is 1. The maximum absolute atomic E-state index is 11.3. The Kier molecular flexibility index (Phi) is 5.30. The number of hydrogen-bond donors (Lipinski definition) is 1. The van der Waals surface area contributed by atoms with Crippen molar-refractivity contribution in [3.63, 3.8) is 0 Å². The number of carboxylic acids is 1. The van der Waals surface area contributed by atoms with Gasteiger partial charge >= 0.3 is 5.97 Å². The van der Waals surface area contributed by atoms with Crippen molar-refractivity contribution in [2.24, 2.45) is 0 Å². The van der Waals surface area contributed by atoms with Gasteiger partial charge in [-0.1, -0.05) is 28.9 Å². The lowest BCUT2D eigenvalue weighted by Crippen LogP contribution is -2.07. The maximum atomic E-state index is 11.3. The van der Waals surface area contributed by atoms with Gasteiger partial charge in [0.2, 0.25) is 0 Å². The van der Waals surface area contributed by atoms with Gasteiger partial charge in [-0.25, -0.2) is 9.48 Å². The van der Waals surface area contributed by atoms with Crippen molar-refractivity contribution in [3.05, 3.63) is 35.0 Å². The zero-order valence-electron chi connectivity index (χ0n) is 11.6. The molecule has 112 valence electrons. The van der Waals surface area contributed by atoms with Crippen LogP contribution in [-0.2, 0) is 11.3 Å². The van der Waals surface area contributed by atoms with E-state index < -0.39 is 5.97 Å². The predicted octanol–water partition coefficient (Wildman–Crippen LogP) is 2.72. The monoisotopic (exact) mass is 309 g/mol. The molecule has 1 aromatic heterocycles. The highest BCUT2D eigenvalue weighted by Crippen LogP contribution is 2.24. The quantitative estimate of drug-likeness (QED) is 0.796. The van der Waals surface area contributed by atoms with E-state index in [1.165, 1.54) is 0 Å². The van der Waals surface area contributed by atoms with Gasteiger partial charge in [-0.05, 0) is 25.5 Å². The first kappa shape index (κ1) is 15.5. The van der Waals surface area contributed by atoms with Gasteiger partial charge in [0.15, 0.2) is 5.69 Å². The first-order chi connectivity index (χ1) is 10.1. The normalized spacial score (nSPS) is 10.8. The molecule has 0 spiro atoms. The van der Waals surface area contributed by atoms with Gasteiger partial charge in [0, 0.05) is 30.3 Å². The second-order valence-corrected chi connectivity index (χ2v) is 4.81. The van der Waals surface area contributed by atoms with Gasteiger partial charge in [-0.2, -0.15) is 0 Å². The highest BCUT2D eigenvalue weighted by molar-refractivity contribution is 6.30. The smallest absolute Gasteiger partial charge is 0.358 e. The van der Waals surface area contributed by atoms with Crippen LogP contribution < -0.4 is 0 Å². The molecule has 0 saturated carbocycles. The standard InChI is InChI=1S/C14H16ClN3O3/c1-2-21-9-3-8-18-13(12(14(19)20)16-17-18)10-4-6-11(15)7-5-10/h4-7H,2-3,8-9H2,1H3,(H,19,20). The lowest BCUT2D eigenvalue weighted by molar-refractivity contribution is 0.0691. The number of halogens is 1. The fraction of sp³-hybridized carbons (Fsp3) is 0.357. The van der Waals surface area contributed by atoms with Crippen LogP contribution in [-0.4, -0.2) is 39.3 Å².